The molecule has 1 atom stereocenters. The maximum Gasteiger partial charge on any atom is 0.341 e. The van der Waals surface area contributed by atoms with Gasteiger partial charge in [-0.3, -0.25) is 0 Å². The van der Waals surface area contributed by atoms with Crippen LogP contribution < -0.4 is 17.4 Å². The SMILES string of the molecule is NOC(=O)[C@@H](N)Cc1ccc(N)cc1. The highest BCUT2D eigenvalue weighted by Gasteiger charge is 2.14. The van der Waals surface area contributed by atoms with Crippen LogP contribution in [0.1, 0.15) is 5.56 Å². The van der Waals surface area contributed by atoms with Crippen molar-refractivity contribution in [2.45, 2.75) is 12.5 Å². The minimum absolute atomic E-state index is 0.385. The van der Waals surface area contributed by atoms with Gasteiger partial charge in [-0.25, -0.2) is 4.79 Å². The van der Waals surface area contributed by atoms with Crippen LogP contribution >= 0.6 is 0 Å². The van der Waals surface area contributed by atoms with E-state index in [0.29, 0.717) is 12.1 Å². The highest BCUT2D eigenvalue weighted by Crippen LogP contribution is 2.07. The first-order valence-electron chi connectivity index (χ1n) is 4.14. The van der Waals surface area contributed by atoms with Gasteiger partial charge >= 0.3 is 5.97 Å². The lowest BCUT2D eigenvalue weighted by atomic mass is 10.1. The van der Waals surface area contributed by atoms with Gasteiger partial charge in [0.1, 0.15) is 6.04 Å². The molecule has 0 radical (unpaired) electrons. The zero-order valence-corrected chi connectivity index (χ0v) is 7.64. The van der Waals surface area contributed by atoms with Gasteiger partial charge in [0.15, 0.2) is 0 Å². The first-order chi connectivity index (χ1) is 6.63. The molecule has 1 rings (SSSR count). The summed E-state index contributed by atoms with van der Waals surface area (Å²) in [6, 6.07) is 6.37. The molecule has 0 saturated carbocycles. The van der Waals surface area contributed by atoms with Crippen molar-refractivity contribution in [1.29, 1.82) is 0 Å². The number of hydrogen-bond acceptors (Lipinski definition) is 5. The van der Waals surface area contributed by atoms with E-state index in [1.807, 2.05) is 0 Å². The van der Waals surface area contributed by atoms with E-state index in [2.05, 4.69) is 4.84 Å². The maximum atomic E-state index is 10.9. The molecule has 14 heavy (non-hydrogen) atoms. The van der Waals surface area contributed by atoms with Gasteiger partial charge in [-0.15, -0.1) is 0 Å². The summed E-state index contributed by atoms with van der Waals surface area (Å²) in [5, 5.41) is 0. The van der Waals surface area contributed by atoms with Gasteiger partial charge in [0.2, 0.25) is 0 Å². The largest absolute Gasteiger partial charge is 0.399 e. The van der Waals surface area contributed by atoms with E-state index in [1.54, 1.807) is 24.3 Å². The number of anilines is 1. The van der Waals surface area contributed by atoms with Crippen LogP contribution in [0, 0.1) is 0 Å². The second-order valence-corrected chi connectivity index (χ2v) is 2.99. The number of benzene rings is 1. The molecule has 5 heteroatoms. The van der Waals surface area contributed by atoms with E-state index in [4.69, 9.17) is 17.4 Å². The monoisotopic (exact) mass is 195 g/mol. The van der Waals surface area contributed by atoms with Crippen molar-refractivity contribution in [3.63, 3.8) is 0 Å². The van der Waals surface area contributed by atoms with Gasteiger partial charge in [0.25, 0.3) is 0 Å². The number of rotatable bonds is 3. The van der Waals surface area contributed by atoms with Crippen LogP contribution in [-0.4, -0.2) is 12.0 Å². The number of carbonyl (C=O) groups is 1. The quantitative estimate of drug-likeness (QED) is 0.448. The minimum Gasteiger partial charge on any atom is -0.399 e. The molecule has 76 valence electrons. The van der Waals surface area contributed by atoms with Crippen LogP contribution in [0.15, 0.2) is 24.3 Å². The van der Waals surface area contributed by atoms with Crippen LogP contribution in [0.2, 0.25) is 0 Å². The second kappa shape index (κ2) is 4.59. The lowest BCUT2D eigenvalue weighted by Crippen LogP contribution is -2.35. The van der Waals surface area contributed by atoms with Crippen LogP contribution in [0.4, 0.5) is 5.69 Å². The van der Waals surface area contributed by atoms with Crippen LogP contribution in [0.5, 0.6) is 0 Å². The molecule has 0 unspecified atom stereocenters. The Morgan fingerprint density at radius 1 is 1.36 bits per heavy atom. The fraction of sp³-hybridized carbons (Fsp3) is 0.222. The Kier molecular flexibility index (Phi) is 3.44. The molecular weight excluding hydrogens is 182 g/mol. The summed E-state index contributed by atoms with van der Waals surface area (Å²) < 4.78 is 0. The Morgan fingerprint density at radius 2 is 1.93 bits per heavy atom. The van der Waals surface area contributed by atoms with Crippen LogP contribution in [0.3, 0.4) is 0 Å². The van der Waals surface area contributed by atoms with Crippen molar-refractivity contribution in [3.8, 4) is 0 Å². The van der Waals surface area contributed by atoms with Crippen molar-refractivity contribution in [2.24, 2.45) is 11.6 Å². The predicted octanol–water partition coefficient (Wildman–Crippen LogP) is -0.444. The third-order valence-corrected chi connectivity index (χ3v) is 1.85. The number of nitrogen functional groups attached to an aromatic ring is 1. The van der Waals surface area contributed by atoms with E-state index in [9.17, 15) is 4.79 Å². The van der Waals surface area contributed by atoms with Gasteiger partial charge in [-0.05, 0) is 24.1 Å². The molecule has 0 amide bonds. The lowest BCUT2D eigenvalue weighted by molar-refractivity contribution is -0.145. The second-order valence-electron chi connectivity index (χ2n) is 2.99. The zero-order chi connectivity index (χ0) is 10.6. The molecule has 1 aromatic carbocycles. The summed E-state index contributed by atoms with van der Waals surface area (Å²) in [4.78, 5) is 14.9. The molecular formula is C9H13N3O2. The van der Waals surface area contributed by atoms with Gasteiger partial charge in [0.05, 0.1) is 0 Å². The van der Waals surface area contributed by atoms with E-state index < -0.39 is 12.0 Å². The number of nitrogens with two attached hydrogens (primary N) is 3. The molecule has 6 N–H and O–H groups in total. The summed E-state index contributed by atoms with van der Waals surface area (Å²) in [7, 11) is 0. The maximum absolute atomic E-state index is 10.9. The molecule has 1 aromatic rings. The normalized spacial score (nSPS) is 12.1. The average Bonchev–Trinajstić information content (AvgIpc) is 2.20. The minimum atomic E-state index is -0.733. The number of carbonyl (C=O) groups excluding carboxylic acids is 1. The molecule has 0 bridgehead atoms. The Balaban J connectivity index is 2.60. The van der Waals surface area contributed by atoms with Gasteiger partial charge in [-0.2, -0.15) is 5.90 Å². The van der Waals surface area contributed by atoms with Gasteiger partial charge < -0.3 is 16.3 Å². The summed E-state index contributed by atoms with van der Waals surface area (Å²) in [5.74, 6) is 4.08. The van der Waals surface area contributed by atoms with Crippen molar-refractivity contribution in [3.05, 3.63) is 29.8 Å². The third-order valence-electron chi connectivity index (χ3n) is 1.85. The highest BCUT2D eigenvalue weighted by atomic mass is 16.7. The molecule has 0 heterocycles. The summed E-state index contributed by atoms with van der Waals surface area (Å²) in [6.07, 6.45) is 0.385. The summed E-state index contributed by atoms with van der Waals surface area (Å²) in [5.41, 5.74) is 12.6. The Labute approximate surface area is 81.8 Å². The molecule has 0 aliphatic rings. The first-order valence-corrected chi connectivity index (χ1v) is 4.14. The average molecular weight is 195 g/mol. The summed E-state index contributed by atoms with van der Waals surface area (Å²) >= 11 is 0. The fourth-order valence-electron chi connectivity index (χ4n) is 1.08. The third kappa shape index (κ3) is 2.72. The Morgan fingerprint density at radius 3 is 2.43 bits per heavy atom. The predicted molar refractivity (Wildman–Crippen MR) is 52.8 cm³/mol. The van der Waals surface area contributed by atoms with Crippen molar-refractivity contribution in [1.82, 2.24) is 0 Å². The molecule has 0 spiro atoms. The fourth-order valence-corrected chi connectivity index (χ4v) is 1.08. The van der Waals surface area contributed by atoms with E-state index in [1.165, 1.54) is 0 Å². The smallest absolute Gasteiger partial charge is 0.341 e. The Hall–Kier alpha value is -1.59. The van der Waals surface area contributed by atoms with Gasteiger partial charge in [0, 0.05) is 5.69 Å². The number of hydrogen-bond donors (Lipinski definition) is 3. The lowest BCUT2D eigenvalue weighted by Gasteiger charge is -2.08. The van der Waals surface area contributed by atoms with E-state index in [0.717, 1.165) is 5.56 Å². The molecule has 0 aliphatic carbocycles. The highest BCUT2D eigenvalue weighted by molar-refractivity contribution is 5.75. The van der Waals surface area contributed by atoms with Crippen molar-refractivity contribution in [2.75, 3.05) is 5.73 Å². The topological polar surface area (TPSA) is 104 Å². The molecule has 0 fully saturated rings. The van der Waals surface area contributed by atoms with Gasteiger partial charge in [-0.1, -0.05) is 12.1 Å². The molecule has 0 saturated heterocycles. The molecule has 0 aromatic heterocycles. The zero-order valence-electron chi connectivity index (χ0n) is 7.64. The van der Waals surface area contributed by atoms with Crippen LogP contribution in [-0.2, 0) is 16.1 Å². The summed E-state index contributed by atoms with van der Waals surface area (Å²) in [6.45, 7) is 0. The van der Waals surface area contributed by atoms with Crippen LogP contribution in [0.25, 0.3) is 0 Å². The van der Waals surface area contributed by atoms with Crippen molar-refractivity contribution >= 4 is 11.7 Å². The molecule has 0 aliphatic heterocycles. The molecule has 5 nitrogen and oxygen atoms in total. The Bertz CT molecular complexity index is 310. The van der Waals surface area contributed by atoms with E-state index in [-0.39, 0.29) is 0 Å². The first kappa shape index (κ1) is 10.5. The van der Waals surface area contributed by atoms with Crippen molar-refractivity contribution < 1.29 is 9.63 Å². The van der Waals surface area contributed by atoms with E-state index >= 15 is 0 Å². The standard InChI is InChI=1S/C9H13N3O2/c10-7-3-1-6(2-4-7)5-8(11)9(13)14-12/h1-4,8H,5,10-12H2/t8-/m0/s1.